The Kier molecular flexibility index (Phi) is 4.89. The maximum Gasteiger partial charge on any atom is 0.119 e. The van der Waals surface area contributed by atoms with Gasteiger partial charge in [0.2, 0.25) is 0 Å². The maximum absolute atomic E-state index is 5.63. The van der Waals surface area contributed by atoms with Crippen LogP contribution in [0.15, 0.2) is 48.7 Å². The third-order valence-corrected chi connectivity index (χ3v) is 2.84. The van der Waals surface area contributed by atoms with Crippen LogP contribution in [0.25, 0.3) is 0 Å². The highest BCUT2D eigenvalue weighted by atomic mass is 16.5. The lowest BCUT2D eigenvalue weighted by atomic mass is 10.0. The second-order valence-electron chi connectivity index (χ2n) is 4.27. The number of benzene rings is 1. The third kappa shape index (κ3) is 3.53. The van der Waals surface area contributed by atoms with E-state index in [0.29, 0.717) is 0 Å². The van der Waals surface area contributed by atoms with Crippen molar-refractivity contribution in [1.29, 1.82) is 0 Å². The van der Waals surface area contributed by atoms with Crippen molar-refractivity contribution >= 4 is 0 Å². The monoisotopic (exact) mass is 257 g/mol. The van der Waals surface area contributed by atoms with Crippen LogP contribution >= 0.6 is 0 Å². The summed E-state index contributed by atoms with van der Waals surface area (Å²) in [5, 5.41) is 0. The van der Waals surface area contributed by atoms with Gasteiger partial charge in [0.15, 0.2) is 0 Å². The SMILES string of the molecule is CCCOc1ccc(C(NN)c2ccccn2)cc1. The molecule has 2 aromatic rings. The van der Waals surface area contributed by atoms with E-state index in [4.69, 9.17) is 10.6 Å². The van der Waals surface area contributed by atoms with E-state index in [1.807, 2.05) is 42.5 Å². The van der Waals surface area contributed by atoms with Crippen LogP contribution in [0.4, 0.5) is 0 Å². The summed E-state index contributed by atoms with van der Waals surface area (Å²) in [6.45, 7) is 2.82. The number of hydrogen-bond acceptors (Lipinski definition) is 4. The first-order valence-electron chi connectivity index (χ1n) is 6.45. The van der Waals surface area contributed by atoms with Crippen LogP contribution in [-0.2, 0) is 0 Å². The molecule has 1 aromatic heterocycles. The van der Waals surface area contributed by atoms with Crippen LogP contribution in [-0.4, -0.2) is 11.6 Å². The van der Waals surface area contributed by atoms with Crippen molar-refractivity contribution in [3.63, 3.8) is 0 Å². The molecule has 3 N–H and O–H groups in total. The number of aromatic nitrogens is 1. The fourth-order valence-electron chi connectivity index (χ4n) is 1.88. The summed E-state index contributed by atoms with van der Waals surface area (Å²) in [6.07, 6.45) is 2.76. The summed E-state index contributed by atoms with van der Waals surface area (Å²) in [4.78, 5) is 4.32. The fourth-order valence-corrected chi connectivity index (χ4v) is 1.88. The number of ether oxygens (including phenoxy) is 1. The molecule has 0 saturated carbocycles. The molecule has 1 heterocycles. The Morgan fingerprint density at radius 2 is 2.00 bits per heavy atom. The molecule has 0 aliphatic rings. The highest BCUT2D eigenvalue weighted by molar-refractivity contribution is 5.33. The van der Waals surface area contributed by atoms with Crippen molar-refractivity contribution in [2.75, 3.05) is 6.61 Å². The summed E-state index contributed by atoms with van der Waals surface area (Å²) < 4.78 is 5.56. The van der Waals surface area contributed by atoms with Crippen LogP contribution < -0.4 is 16.0 Å². The minimum absolute atomic E-state index is 0.110. The van der Waals surface area contributed by atoms with Crippen LogP contribution in [0.3, 0.4) is 0 Å². The van der Waals surface area contributed by atoms with Gasteiger partial charge in [-0.3, -0.25) is 10.8 Å². The topological polar surface area (TPSA) is 60.2 Å². The molecule has 0 spiro atoms. The van der Waals surface area contributed by atoms with Gasteiger partial charge < -0.3 is 4.74 Å². The third-order valence-electron chi connectivity index (χ3n) is 2.84. The van der Waals surface area contributed by atoms with Gasteiger partial charge >= 0.3 is 0 Å². The van der Waals surface area contributed by atoms with E-state index in [-0.39, 0.29) is 6.04 Å². The van der Waals surface area contributed by atoms with Crippen LogP contribution in [0.5, 0.6) is 5.75 Å². The molecule has 0 radical (unpaired) electrons. The van der Waals surface area contributed by atoms with Gasteiger partial charge in [-0.15, -0.1) is 0 Å². The van der Waals surface area contributed by atoms with Crippen molar-refractivity contribution < 1.29 is 4.74 Å². The molecule has 1 unspecified atom stereocenters. The molecule has 1 atom stereocenters. The van der Waals surface area contributed by atoms with Crippen molar-refractivity contribution in [1.82, 2.24) is 10.4 Å². The first-order chi connectivity index (χ1) is 9.35. The summed E-state index contributed by atoms with van der Waals surface area (Å²) in [5.74, 6) is 6.51. The van der Waals surface area contributed by atoms with E-state index in [1.165, 1.54) is 0 Å². The van der Waals surface area contributed by atoms with Crippen molar-refractivity contribution in [3.8, 4) is 5.75 Å². The Bertz CT molecular complexity index is 485. The van der Waals surface area contributed by atoms with E-state index < -0.39 is 0 Å². The predicted molar refractivity (Wildman–Crippen MR) is 75.6 cm³/mol. The van der Waals surface area contributed by atoms with Crippen molar-refractivity contribution in [2.24, 2.45) is 5.84 Å². The summed E-state index contributed by atoms with van der Waals surface area (Å²) >= 11 is 0. The van der Waals surface area contributed by atoms with Crippen LogP contribution in [0, 0.1) is 0 Å². The maximum atomic E-state index is 5.63. The molecule has 0 bridgehead atoms. The zero-order chi connectivity index (χ0) is 13.5. The second kappa shape index (κ2) is 6.87. The zero-order valence-corrected chi connectivity index (χ0v) is 11.0. The Morgan fingerprint density at radius 1 is 1.21 bits per heavy atom. The molecule has 0 fully saturated rings. The Morgan fingerprint density at radius 3 is 2.58 bits per heavy atom. The highest BCUT2D eigenvalue weighted by Gasteiger charge is 2.13. The van der Waals surface area contributed by atoms with Crippen LogP contribution in [0.2, 0.25) is 0 Å². The summed E-state index contributed by atoms with van der Waals surface area (Å²) in [5.41, 5.74) is 4.75. The lowest BCUT2D eigenvalue weighted by Gasteiger charge is -2.16. The molecule has 4 heteroatoms. The number of nitrogens with zero attached hydrogens (tertiary/aromatic N) is 1. The summed E-state index contributed by atoms with van der Waals surface area (Å²) in [6, 6.07) is 13.6. The van der Waals surface area contributed by atoms with E-state index in [2.05, 4.69) is 17.3 Å². The average molecular weight is 257 g/mol. The van der Waals surface area contributed by atoms with Crippen molar-refractivity contribution in [3.05, 3.63) is 59.9 Å². The number of hydrazine groups is 1. The average Bonchev–Trinajstić information content (AvgIpc) is 2.48. The normalized spacial score (nSPS) is 12.1. The fraction of sp³-hybridized carbons (Fsp3) is 0.267. The molecule has 2 rings (SSSR count). The zero-order valence-electron chi connectivity index (χ0n) is 11.0. The van der Waals surface area contributed by atoms with E-state index in [1.54, 1.807) is 6.20 Å². The molecule has 100 valence electrons. The van der Waals surface area contributed by atoms with Crippen molar-refractivity contribution in [2.45, 2.75) is 19.4 Å². The molecule has 0 amide bonds. The van der Waals surface area contributed by atoms with Gasteiger partial charge in [-0.05, 0) is 36.2 Å². The van der Waals surface area contributed by atoms with Gasteiger partial charge in [-0.25, -0.2) is 5.43 Å². The Labute approximate surface area is 113 Å². The second-order valence-corrected chi connectivity index (χ2v) is 4.27. The predicted octanol–water partition coefficient (Wildman–Crippen LogP) is 2.42. The lowest BCUT2D eigenvalue weighted by Crippen LogP contribution is -2.29. The van der Waals surface area contributed by atoms with Crippen LogP contribution in [0.1, 0.15) is 30.6 Å². The number of nitrogens with one attached hydrogen (secondary N) is 1. The molecule has 4 nitrogen and oxygen atoms in total. The number of hydrogen-bond donors (Lipinski definition) is 2. The number of pyridine rings is 1. The first kappa shape index (κ1) is 13.5. The molecule has 0 saturated heterocycles. The first-order valence-corrected chi connectivity index (χ1v) is 6.45. The largest absolute Gasteiger partial charge is 0.494 e. The Hall–Kier alpha value is -1.91. The molecule has 19 heavy (non-hydrogen) atoms. The number of nitrogens with two attached hydrogens (primary N) is 1. The van der Waals surface area contributed by atoms with Gasteiger partial charge in [0, 0.05) is 6.20 Å². The molecule has 1 aromatic carbocycles. The number of rotatable bonds is 6. The van der Waals surface area contributed by atoms with Gasteiger partial charge in [0.25, 0.3) is 0 Å². The molecular formula is C15H19N3O. The Balaban J connectivity index is 2.15. The smallest absolute Gasteiger partial charge is 0.119 e. The van der Waals surface area contributed by atoms with E-state index in [9.17, 15) is 0 Å². The quantitative estimate of drug-likeness (QED) is 0.616. The molecule has 0 aliphatic carbocycles. The lowest BCUT2D eigenvalue weighted by molar-refractivity contribution is 0.317. The highest BCUT2D eigenvalue weighted by Crippen LogP contribution is 2.22. The van der Waals surface area contributed by atoms with E-state index >= 15 is 0 Å². The molecule has 0 aliphatic heterocycles. The van der Waals surface area contributed by atoms with E-state index in [0.717, 1.165) is 30.0 Å². The minimum Gasteiger partial charge on any atom is -0.494 e. The standard InChI is InChI=1S/C15H19N3O/c1-2-11-19-13-8-6-12(7-9-13)15(18-16)14-5-3-4-10-17-14/h3-10,15,18H,2,11,16H2,1H3. The van der Waals surface area contributed by atoms with Gasteiger partial charge in [0.1, 0.15) is 5.75 Å². The van der Waals surface area contributed by atoms with Gasteiger partial charge in [-0.1, -0.05) is 25.1 Å². The van der Waals surface area contributed by atoms with Gasteiger partial charge in [-0.2, -0.15) is 0 Å². The minimum atomic E-state index is -0.110. The molecular weight excluding hydrogens is 238 g/mol. The van der Waals surface area contributed by atoms with Gasteiger partial charge in [0.05, 0.1) is 18.3 Å². The summed E-state index contributed by atoms with van der Waals surface area (Å²) in [7, 11) is 0.